The van der Waals surface area contributed by atoms with Crippen LogP contribution in [0.1, 0.15) is 40.0 Å². The van der Waals surface area contributed by atoms with Gasteiger partial charge in [0.25, 0.3) is 6.33 Å². The molecule has 0 radical (unpaired) electrons. The van der Waals surface area contributed by atoms with Gasteiger partial charge in [-0.25, -0.2) is 4.98 Å². The van der Waals surface area contributed by atoms with Gasteiger partial charge in [-0.15, -0.1) is 29.1 Å². The van der Waals surface area contributed by atoms with Crippen LogP contribution in [-0.4, -0.2) is 14.1 Å². The third-order valence-corrected chi connectivity index (χ3v) is 16.6. The quantitative estimate of drug-likeness (QED) is 0.107. The Labute approximate surface area is 541 Å². The van der Waals surface area contributed by atoms with Gasteiger partial charge in [-0.05, 0) is 119 Å². The van der Waals surface area contributed by atoms with E-state index in [0.717, 1.165) is 99.9 Å². The van der Waals surface area contributed by atoms with Crippen molar-refractivity contribution in [3.8, 4) is 118 Å². The molecule has 88 heavy (non-hydrogen) atoms. The van der Waals surface area contributed by atoms with E-state index in [1.165, 1.54) is 0 Å². The van der Waals surface area contributed by atoms with Gasteiger partial charge in [0.1, 0.15) is 5.82 Å². The largest absolute Gasteiger partial charge is 0.509 e. The van der Waals surface area contributed by atoms with Gasteiger partial charge in [0.15, 0.2) is 0 Å². The minimum absolute atomic E-state index is 0. The van der Waals surface area contributed by atoms with Crippen molar-refractivity contribution in [3.63, 3.8) is 0 Å². The number of imidazole rings is 1. The molecule has 5 nitrogen and oxygen atoms in total. The molecular formula is C82H56N4OPt-2. The summed E-state index contributed by atoms with van der Waals surface area (Å²) in [7, 11) is 0. The Hall–Kier alpha value is -10.5. The van der Waals surface area contributed by atoms with Crippen LogP contribution < -0.4 is 9.30 Å². The molecule has 0 bridgehead atoms. The number of para-hydroxylation sites is 1. The minimum Gasteiger partial charge on any atom is -0.509 e. The summed E-state index contributed by atoms with van der Waals surface area (Å²) in [5, 5.41) is 1.94. The van der Waals surface area contributed by atoms with Crippen LogP contribution in [0, 0.1) is 18.5 Å². The summed E-state index contributed by atoms with van der Waals surface area (Å²) in [5.41, 5.74) is 15.3. The number of benzene rings is 12. The van der Waals surface area contributed by atoms with E-state index in [2.05, 4.69) is 141 Å². The Balaban J connectivity index is 0.00000784. The molecule has 1 aliphatic carbocycles. The number of rotatable bonds is 9. The molecule has 3 heterocycles. The van der Waals surface area contributed by atoms with Crippen LogP contribution in [0.3, 0.4) is 0 Å². The first-order valence-corrected chi connectivity index (χ1v) is 28.9. The van der Waals surface area contributed by atoms with E-state index >= 15 is 0 Å². The van der Waals surface area contributed by atoms with Crippen molar-refractivity contribution < 1.29 is 44.1 Å². The molecular weight excluding hydrogens is 1250 g/mol. The second-order valence-corrected chi connectivity index (χ2v) is 22.7. The van der Waals surface area contributed by atoms with Crippen LogP contribution in [0.2, 0.25) is 0 Å². The number of hydrogen-bond acceptors (Lipinski definition) is 2. The first kappa shape index (κ1) is 44.1. The zero-order chi connectivity index (χ0) is 66.9. The maximum atomic E-state index is 9.43. The van der Waals surface area contributed by atoms with Crippen molar-refractivity contribution in [2.24, 2.45) is 0 Å². The summed E-state index contributed by atoms with van der Waals surface area (Å²) in [6.07, 6.45) is 5.54. The molecule has 0 saturated carbocycles. The summed E-state index contributed by atoms with van der Waals surface area (Å²) in [6.45, 7) is 6.57. The van der Waals surface area contributed by atoms with Crippen molar-refractivity contribution in [2.45, 2.75) is 26.2 Å². The summed E-state index contributed by atoms with van der Waals surface area (Å²) in [6, 6.07) is 74.9. The van der Waals surface area contributed by atoms with Gasteiger partial charge in [0.05, 0.1) is 30.4 Å². The van der Waals surface area contributed by atoms with E-state index in [-0.39, 0.29) is 54.4 Å². The zero-order valence-electron chi connectivity index (χ0n) is 57.9. The van der Waals surface area contributed by atoms with Crippen LogP contribution in [0.5, 0.6) is 11.5 Å². The maximum absolute atomic E-state index is 9.43. The molecule has 3 aromatic heterocycles. The Bertz CT molecular complexity index is 5660. The molecule has 0 fully saturated rings. The maximum Gasteiger partial charge on any atom is 0.268 e. The Kier molecular flexibility index (Phi) is 11.1. The fourth-order valence-electron chi connectivity index (χ4n) is 12.4. The molecule has 0 spiro atoms. The molecule has 12 aromatic carbocycles. The normalized spacial score (nSPS) is 13.3. The van der Waals surface area contributed by atoms with E-state index in [9.17, 15) is 5.48 Å². The zero-order valence-corrected chi connectivity index (χ0v) is 50.1. The molecule has 422 valence electrons. The van der Waals surface area contributed by atoms with Crippen LogP contribution in [0.15, 0.2) is 285 Å². The summed E-state index contributed by atoms with van der Waals surface area (Å²) >= 11 is 0. The second-order valence-electron chi connectivity index (χ2n) is 22.7. The SMILES string of the molecule is [2H]c1c([2H])c([2H])c(-c2cccc(-c3c([2H])c([2H])c([2H])c([2H])c3[2H])c2-[n+]2[c-]n(-c3[c-]c(Oc4[c-]c5c(cc4)c4cc(-c6ccccc6)ccc4n5-c4cc(C(C)(C)C)ccn4)c4c(c3)-c3ccccc3-c3ccccc3-c3ccccc3-4)c3cc(-c4ccccc4)ccc32)c([2H])c1[2H].[Pt]. The van der Waals surface area contributed by atoms with Crippen LogP contribution in [0.4, 0.5) is 0 Å². The summed E-state index contributed by atoms with van der Waals surface area (Å²) in [4.78, 5) is 5.04. The average Bonchev–Trinajstić information content (AvgIpc) is 1.34. The molecule has 16 rings (SSSR count). The fraction of sp³-hybridized carbons (Fsp3) is 0.0488. The summed E-state index contributed by atoms with van der Waals surface area (Å²) < 4.78 is 104. The van der Waals surface area contributed by atoms with Crippen LogP contribution in [-0.2, 0) is 26.5 Å². The van der Waals surface area contributed by atoms with Crippen molar-refractivity contribution >= 4 is 32.8 Å². The summed E-state index contributed by atoms with van der Waals surface area (Å²) in [5.74, 6) is 1.44. The first-order chi connectivity index (χ1) is 46.9. The molecule has 0 aliphatic heterocycles. The van der Waals surface area contributed by atoms with Gasteiger partial charge in [-0.1, -0.05) is 274 Å². The molecule has 0 unspecified atom stereocenters. The minimum atomic E-state index is -0.591. The second kappa shape index (κ2) is 22.1. The van der Waals surface area contributed by atoms with Gasteiger partial charge in [0, 0.05) is 44.3 Å². The van der Waals surface area contributed by atoms with Crippen molar-refractivity contribution in [2.75, 3.05) is 0 Å². The number of hydrogen-bond donors (Lipinski definition) is 0. The monoisotopic (exact) mass is 1320 g/mol. The van der Waals surface area contributed by atoms with E-state index in [1.54, 1.807) is 22.8 Å². The average molecular weight is 1320 g/mol. The molecule has 0 atom stereocenters. The smallest absolute Gasteiger partial charge is 0.268 e. The first-order valence-electron chi connectivity index (χ1n) is 33.9. The van der Waals surface area contributed by atoms with Crippen LogP contribution in [0.25, 0.3) is 139 Å². The molecule has 0 saturated heterocycles. The Morgan fingerprint density at radius 2 is 1.00 bits per heavy atom. The molecule has 1 aliphatic rings. The number of fused-ring (bicyclic) bond motifs is 12. The fourth-order valence-corrected chi connectivity index (χ4v) is 12.4. The van der Waals surface area contributed by atoms with Gasteiger partial charge >= 0.3 is 0 Å². The predicted octanol–water partition coefficient (Wildman–Crippen LogP) is 20.5. The molecule has 0 N–H and O–H groups in total. The van der Waals surface area contributed by atoms with Gasteiger partial charge in [0.2, 0.25) is 0 Å². The van der Waals surface area contributed by atoms with E-state index in [1.807, 2.05) is 114 Å². The van der Waals surface area contributed by atoms with Crippen molar-refractivity contribution in [3.05, 3.63) is 309 Å². The molecule has 0 amide bonds. The number of pyridine rings is 1. The predicted molar refractivity (Wildman–Crippen MR) is 356 cm³/mol. The third-order valence-electron chi connectivity index (χ3n) is 16.6. The molecule has 15 aromatic rings. The van der Waals surface area contributed by atoms with Crippen molar-refractivity contribution in [1.29, 1.82) is 0 Å². The van der Waals surface area contributed by atoms with Crippen molar-refractivity contribution in [1.82, 2.24) is 14.1 Å². The Morgan fingerprint density at radius 3 is 1.61 bits per heavy atom. The molecule has 6 heteroatoms. The van der Waals surface area contributed by atoms with Gasteiger partial charge in [-0.3, -0.25) is 4.57 Å². The van der Waals surface area contributed by atoms with E-state index < -0.39 is 60.4 Å². The Morgan fingerprint density at radius 1 is 0.455 bits per heavy atom. The number of ether oxygens (including phenoxy) is 1. The van der Waals surface area contributed by atoms with Crippen LogP contribution >= 0.6 is 0 Å². The van der Waals surface area contributed by atoms with Gasteiger partial charge < -0.3 is 13.9 Å². The van der Waals surface area contributed by atoms with E-state index in [4.69, 9.17) is 17.9 Å². The number of aromatic nitrogens is 4. The standard InChI is InChI=1S/C82H56N4O.Pt/c1-82(2,3)60-45-46-83-79(49-60)86-74-43-39-58(54-23-8-4-9-24-54)47-72(74)70-42-41-62(52-76(70)86)87-78-51-61(50-73-69-35-19-18-33-67(69)65-31-16-17-32-66(65)68-34-20-21-36-71(68)80(73)78)84-53-85(75-44-40-59(48-77(75)84)55-25-10-5-11-26-55)81-63(56-27-12-6-13-28-56)37-22-38-64(81)57-29-14-7-15-30-57;/h4-50H,1-3H3;/q-2;/i6D,7D,12D,13D,14D,15D,27D,28D,29D,30D;. The van der Waals surface area contributed by atoms with Gasteiger partial charge in [-0.2, -0.15) is 12.1 Å². The number of nitrogens with zero attached hydrogens (tertiary/aromatic N) is 4. The topological polar surface area (TPSA) is 35.9 Å². The third kappa shape index (κ3) is 9.38. The van der Waals surface area contributed by atoms with E-state index in [0.29, 0.717) is 28.2 Å².